The van der Waals surface area contributed by atoms with Crippen LogP contribution in [0.3, 0.4) is 0 Å². The van der Waals surface area contributed by atoms with Gasteiger partial charge in [0.15, 0.2) is 0 Å². The lowest BCUT2D eigenvalue weighted by Crippen LogP contribution is -2.45. The van der Waals surface area contributed by atoms with E-state index in [-0.39, 0.29) is 6.04 Å². The van der Waals surface area contributed by atoms with Gasteiger partial charge in [-0.1, -0.05) is 6.92 Å². The quantitative estimate of drug-likeness (QED) is 0.709. The molecule has 1 fully saturated rings. The predicted octanol–water partition coefficient (Wildman–Crippen LogP) is 1.64. The Labute approximate surface area is 93.4 Å². The summed E-state index contributed by atoms with van der Waals surface area (Å²) in [4.78, 5) is 10.8. The molecule has 3 nitrogen and oxygen atoms in total. The van der Waals surface area contributed by atoms with E-state index in [1.54, 1.807) is 0 Å². The van der Waals surface area contributed by atoms with Gasteiger partial charge in [0.25, 0.3) is 0 Å². The summed E-state index contributed by atoms with van der Waals surface area (Å²) in [5, 5.41) is 12.3. The highest BCUT2D eigenvalue weighted by molar-refractivity contribution is 8.00. The lowest BCUT2D eigenvalue weighted by atomic mass is 10.2. The van der Waals surface area contributed by atoms with Crippen LogP contribution in [0.1, 0.15) is 19.8 Å². The van der Waals surface area contributed by atoms with E-state index >= 15 is 0 Å². The molecule has 0 amide bonds. The first-order valence-corrected chi connectivity index (χ1v) is 7.12. The Balaban J connectivity index is 2.22. The van der Waals surface area contributed by atoms with Gasteiger partial charge in [-0.2, -0.15) is 11.8 Å². The van der Waals surface area contributed by atoms with Crippen LogP contribution in [0.5, 0.6) is 0 Å². The third kappa shape index (κ3) is 4.11. The molecule has 5 heteroatoms. The maximum atomic E-state index is 10.8. The van der Waals surface area contributed by atoms with E-state index in [0.717, 1.165) is 30.1 Å². The molecule has 1 aliphatic rings. The standard InChI is InChI=1S/C9H17NO2S2/c1-2-13-5-4-8-10-7(9(11)12)3-6-14-8/h7-8,10H,2-6H2,1H3,(H,11,12). The van der Waals surface area contributed by atoms with Crippen molar-refractivity contribution in [2.75, 3.05) is 17.3 Å². The minimum absolute atomic E-state index is 0.326. The van der Waals surface area contributed by atoms with Gasteiger partial charge in [-0.05, 0) is 30.1 Å². The average molecular weight is 235 g/mol. The van der Waals surface area contributed by atoms with Gasteiger partial charge in [0.2, 0.25) is 0 Å². The highest BCUT2D eigenvalue weighted by Gasteiger charge is 2.25. The fraction of sp³-hybridized carbons (Fsp3) is 0.889. The molecule has 1 saturated heterocycles. The highest BCUT2D eigenvalue weighted by Crippen LogP contribution is 2.22. The van der Waals surface area contributed by atoms with Gasteiger partial charge in [0, 0.05) is 0 Å². The topological polar surface area (TPSA) is 49.3 Å². The molecule has 0 aliphatic carbocycles. The molecule has 0 spiro atoms. The third-order valence-electron chi connectivity index (χ3n) is 2.14. The number of carboxylic acid groups (broad SMARTS) is 1. The van der Waals surface area contributed by atoms with Crippen LogP contribution in [0, 0.1) is 0 Å². The minimum Gasteiger partial charge on any atom is -0.480 e. The van der Waals surface area contributed by atoms with Crippen LogP contribution >= 0.6 is 23.5 Å². The monoisotopic (exact) mass is 235 g/mol. The van der Waals surface area contributed by atoms with Gasteiger partial charge < -0.3 is 5.11 Å². The molecule has 82 valence electrons. The van der Waals surface area contributed by atoms with Crippen molar-refractivity contribution in [3.8, 4) is 0 Å². The van der Waals surface area contributed by atoms with Gasteiger partial charge in [-0.25, -0.2) is 0 Å². The second kappa shape index (κ2) is 6.58. The van der Waals surface area contributed by atoms with Crippen LogP contribution in [0.2, 0.25) is 0 Å². The van der Waals surface area contributed by atoms with Crippen molar-refractivity contribution in [1.29, 1.82) is 0 Å². The Kier molecular flexibility index (Phi) is 5.74. The summed E-state index contributed by atoms with van der Waals surface area (Å²) < 4.78 is 0. The molecule has 2 atom stereocenters. The molecule has 0 saturated carbocycles. The van der Waals surface area contributed by atoms with E-state index in [4.69, 9.17) is 5.11 Å². The maximum absolute atomic E-state index is 10.8. The number of hydrogen-bond acceptors (Lipinski definition) is 4. The number of hydrogen-bond donors (Lipinski definition) is 2. The fourth-order valence-corrected chi connectivity index (χ4v) is 3.42. The van der Waals surface area contributed by atoms with E-state index in [1.807, 2.05) is 23.5 Å². The average Bonchev–Trinajstić information content (AvgIpc) is 2.19. The number of aliphatic carboxylic acids is 1. The third-order valence-corrected chi connectivity index (χ3v) is 4.32. The molecule has 1 heterocycles. The first-order chi connectivity index (χ1) is 6.74. The number of carbonyl (C=O) groups is 1. The van der Waals surface area contributed by atoms with Crippen LogP contribution in [-0.4, -0.2) is 39.8 Å². The molecule has 0 radical (unpaired) electrons. The Bertz CT molecular complexity index is 190. The number of thioether (sulfide) groups is 2. The molecule has 14 heavy (non-hydrogen) atoms. The van der Waals surface area contributed by atoms with Crippen LogP contribution in [0.25, 0.3) is 0 Å². The normalized spacial score (nSPS) is 27.5. The molecule has 0 aromatic rings. The molecule has 1 aliphatic heterocycles. The van der Waals surface area contributed by atoms with Crippen molar-refractivity contribution in [3.63, 3.8) is 0 Å². The van der Waals surface area contributed by atoms with Crippen LogP contribution in [-0.2, 0) is 4.79 Å². The van der Waals surface area contributed by atoms with E-state index in [9.17, 15) is 4.79 Å². The highest BCUT2D eigenvalue weighted by atomic mass is 32.2. The zero-order valence-electron chi connectivity index (χ0n) is 8.36. The first-order valence-electron chi connectivity index (χ1n) is 4.92. The van der Waals surface area contributed by atoms with Gasteiger partial charge in [0.05, 0.1) is 5.37 Å². The van der Waals surface area contributed by atoms with E-state index in [0.29, 0.717) is 5.37 Å². The van der Waals surface area contributed by atoms with Crippen molar-refractivity contribution >= 4 is 29.5 Å². The molecule has 2 N–H and O–H groups in total. The summed E-state index contributed by atoms with van der Waals surface area (Å²) >= 11 is 3.76. The van der Waals surface area contributed by atoms with Crippen molar-refractivity contribution in [2.24, 2.45) is 0 Å². The Morgan fingerprint density at radius 2 is 2.50 bits per heavy atom. The van der Waals surface area contributed by atoms with Crippen molar-refractivity contribution in [3.05, 3.63) is 0 Å². The van der Waals surface area contributed by atoms with E-state index < -0.39 is 5.97 Å². The second-order valence-electron chi connectivity index (χ2n) is 3.19. The second-order valence-corrected chi connectivity index (χ2v) is 5.90. The summed E-state index contributed by atoms with van der Waals surface area (Å²) in [5.41, 5.74) is 0. The van der Waals surface area contributed by atoms with Gasteiger partial charge >= 0.3 is 5.97 Å². The van der Waals surface area contributed by atoms with Crippen molar-refractivity contribution in [1.82, 2.24) is 5.32 Å². The first kappa shape index (κ1) is 12.2. The van der Waals surface area contributed by atoms with Crippen LogP contribution in [0.15, 0.2) is 0 Å². The molecule has 2 unspecified atom stereocenters. The van der Waals surface area contributed by atoms with Crippen molar-refractivity contribution < 1.29 is 9.90 Å². The molecule has 0 aromatic heterocycles. The summed E-state index contributed by atoms with van der Waals surface area (Å²) in [6.07, 6.45) is 1.81. The molecular weight excluding hydrogens is 218 g/mol. The van der Waals surface area contributed by atoms with Gasteiger partial charge in [0.1, 0.15) is 6.04 Å². The molecule has 0 aromatic carbocycles. The van der Waals surface area contributed by atoms with Crippen LogP contribution in [0.4, 0.5) is 0 Å². The SMILES string of the molecule is CCSCCC1NC(C(=O)O)CCS1. The number of nitrogens with one attached hydrogen (secondary N) is 1. The van der Waals surface area contributed by atoms with Gasteiger partial charge in [-0.15, -0.1) is 11.8 Å². The predicted molar refractivity (Wildman–Crippen MR) is 63.0 cm³/mol. The smallest absolute Gasteiger partial charge is 0.320 e. The zero-order valence-corrected chi connectivity index (χ0v) is 10.00. The summed E-state index contributed by atoms with van der Waals surface area (Å²) in [6.45, 7) is 2.15. The zero-order chi connectivity index (χ0) is 10.4. The van der Waals surface area contributed by atoms with Gasteiger partial charge in [-0.3, -0.25) is 10.1 Å². The molecule has 1 rings (SSSR count). The van der Waals surface area contributed by atoms with E-state index in [2.05, 4.69) is 12.2 Å². The summed E-state index contributed by atoms with van der Waals surface area (Å²) in [7, 11) is 0. The number of carboxylic acids is 1. The molecule has 0 bridgehead atoms. The fourth-order valence-electron chi connectivity index (χ4n) is 1.38. The lowest BCUT2D eigenvalue weighted by Gasteiger charge is -2.27. The van der Waals surface area contributed by atoms with Crippen molar-refractivity contribution in [2.45, 2.75) is 31.2 Å². The largest absolute Gasteiger partial charge is 0.480 e. The summed E-state index contributed by atoms with van der Waals surface area (Å²) in [6, 6.07) is -0.326. The Hall–Kier alpha value is 0.130. The van der Waals surface area contributed by atoms with E-state index in [1.165, 1.54) is 0 Å². The maximum Gasteiger partial charge on any atom is 0.320 e. The Morgan fingerprint density at radius 1 is 1.71 bits per heavy atom. The number of rotatable bonds is 5. The summed E-state index contributed by atoms with van der Waals surface area (Å²) in [5.74, 6) is 2.51. The minimum atomic E-state index is -0.710. The van der Waals surface area contributed by atoms with Crippen LogP contribution < -0.4 is 5.32 Å². The Morgan fingerprint density at radius 3 is 3.14 bits per heavy atom. The lowest BCUT2D eigenvalue weighted by molar-refractivity contribution is -0.139. The molecular formula is C9H17NO2S2.